The van der Waals surface area contributed by atoms with Crippen LogP contribution < -0.4 is 11.1 Å². The number of primary amides is 1. The van der Waals surface area contributed by atoms with Crippen molar-refractivity contribution in [1.82, 2.24) is 5.32 Å². The molecule has 5 nitrogen and oxygen atoms in total. The second-order valence-corrected chi connectivity index (χ2v) is 2.79. The number of carbonyl (C=O) groups excluding carboxylic acids is 2. The van der Waals surface area contributed by atoms with E-state index in [1.54, 1.807) is 0 Å². The van der Waals surface area contributed by atoms with Gasteiger partial charge in [0.1, 0.15) is 0 Å². The van der Waals surface area contributed by atoms with Gasteiger partial charge < -0.3 is 10.8 Å². The Morgan fingerprint density at radius 3 is 2.64 bits per heavy atom. The number of nitrogens with one attached hydrogen (secondary N) is 1. The fraction of sp³-hybridized carbons (Fsp3) is 0.600. The highest BCUT2D eigenvalue weighted by Crippen LogP contribution is 1.96. The minimum absolute atomic E-state index is 0.0223. The van der Waals surface area contributed by atoms with Gasteiger partial charge in [-0.2, -0.15) is 0 Å². The minimum Gasteiger partial charge on any atom is -0.396 e. The van der Waals surface area contributed by atoms with Crippen LogP contribution in [0.1, 0.15) is 0 Å². The van der Waals surface area contributed by atoms with Crippen molar-refractivity contribution in [2.75, 3.05) is 18.1 Å². The molecular formula is C5H10N2O3S. The number of urea groups is 1. The molecule has 0 saturated heterocycles. The highest BCUT2D eigenvalue weighted by molar-refractivity contribution is 7.99. The standard InChI is InChI=1S/C5H10N2O3S/c6-5(10)7-4(9)3-11-2-1-8/h8H,1-3H2,(H3,6,7,9,10). The second-order valence-electron chi connectivity index (χ2n) is 1.69. The molecule has 64 valence electrons. The summed E-state index contributed by atoms with van der Waals surface area (Å²) in [5.41, 5.74) is 4.67. The molecule has 3 amide bonds. The number of aliphatic hydroxyl groups is 1. The van der Waals surface area contributed by atoms with Crippen LogP contribution in [0.3, 0.4) is 0 Å². The van der Waals surface area contributed by atoms with Crippen LogP contribution in [0.4, 0.5) is 4.79 Å². The molecule has 0 unspecified atom stereocenters. The number of nitrogens with two attached hydrogens (primary N) is 1. The van der Waals surface area contributed by atoms with E-state index in [0.717, 1.165) is 0 Å². The first-order valence-corrected chi connectivity index (χ1v) is 4.10. The van der Waals surface area contributed by atoms with Gasteiger partial charge in [-0.3, -0.25) is 10.1 Å². The summed E-state index contributed by atoms with van der Waals surface area (Å²) in [4.78, 5) is 20.7. The molecule has 11 heavy (non-hydrogen) atoms. The van der Waals surface area contributed by atoms with Gasteiger partial charge in [0.05, 0.1) is 12.4 Å². The molecule has 0 aromatic rings. The molecule has 0 aromatic carbocycles. The zero-order valence-electron chi connectivity index (χ0n) is 5.87. The lowest BCUT2D eigenvalue weighted by Crippen LogP contribution is -2.36. The Hall–Kier alpha value is -0.750. The SMILES string of the molecule is NC(=O)NC(=O)CSCCO. The van der Waals surface area contributed by atoms with Crippen LogP contribution in [0, 0.1) is 0 Å². The molecule has 4 N–H and O–H groups in total. The first kappa shape index (κ1) is 10.2. The molecule has 0 aromatic heterocycles. The van der Waals surface area contributed by atoms with Gasteiger partial charge in [0.15, 0.2) is 0 Å². The van der Waals surface area contributed by atoms with Crippen molar-refractivity contribution in [3.05, 3.63) is 0 Å². The van der Waals surface area contributed by atoms with Crippen LogP contribution in [0.2, 0.25) is 0 Å². The molecule has 0 aliphatic rings. The number of aliphatic hydroxyl groups excluding tert-OH is 1. The summed E-state index contributed by atoms with van der Waals surface area (Å²) in [5, 5.41) is 10.2. The zero-order valence-corrected chi connectivity index (χ0v) is 6.69. The molecule has 0 bridgehead atoms. The van der Waals surface area contributed by atoms with Gasteiger partial charge in [0.2, 0.25) is 5.91 Å². The fourth-order valence-electron chi connectivity index (χ4n) is 0.403. The Bertz CT molecular complexity index is 151. The van der Waals surface area contributed by atoms with Gasteiger partial charge in [0, 0.05) is 5.75 Å². The molecule has 0 atom stereocenters. The van der Waals surface area contributed by atoms with E-state index in [1.165, 1.54) is 11.8 Å². The van der Waals surface area contributed by atoms with Gasteiger partial charge in [-0.05, 0) is 0 Å². The highest BCUT2D eigenvalue weighted by atomic mass is 32.2. The van der Waals surface area contributed by atoms with Crippen LogP contribution in [0.5, 0.6) is 0 Å². The van der Waals surface area contributed by atoms with Crippen molar-refractivity contribution in [3.63, 3.8) is 0 Å². The average molecular weight is 178 g/mol. The Kier molecular flexibility index (Phi) is 5.58. The maximum absolute atomic E-state index is 10.6. The normalized spacial score (nSPS) is 9.18. The van der Waals surface area contributed by atoms with Crippen LogP contribution in [-0.2, 0) is 4.79 Å². The summed E-state index contributed by atoms with van der Waals surface area (Å²) < 4.78 is 0. The number of thioether (sulfide) groups is 1. The van der Waals surface area contributed by atoms with Gasteiger partial charge in [-0.15, -0.1) is 11.8 Å². The molecular weight excluding hydrogens is 168 g/mol. The Labute approximate surface area is 68.3 Å². The number of hydrogen-bond donors (Lipinski definition) is 3. The molecule has 0 heterocycles. The van der Waals surface area contributed by atoms with Crippen LogP contribution >= 0.6 is 11.8 Å². The van der Waals surface area contributed by atoms with Gasteiger partial charge in [-0.25, -0.2) is 4.79 Å². The third-order valence-electron chi connectivity index (χ3n) is 0.731. The lowest BCUT2D eigenvalue weighted by molar-refractivity contribution is -0.117. The van der Waals surface area contributed by atoms with E-state index in [2.05, 4.69) is 5.73 Å². The van der Waals surface area contributed by atoms with E-state index < -0.39 is 11.9 Å². The van der Waals surface area contributed by atoms with E-state index in [1.807, 2.05) is 5.32 Å². The Balaban J connectivity index is 3.30. The second kappa shape index (κ2) is 5.99. The third kappa shape index (κ3) is 7.14. The summed E-state index contributed by atoms with van der Waals surface area (Å²) in [6.45, 7) is 0.0223. The Morgan fingerprint density at radius 2 is 2.18 bits per heavy atom. The highest BCUT2D eigenvalue weighted by Gasteiger charge is 2.02. The topological polar surface area (TPSA) is 92.4 Å². The maximum atomic E-state index is 10.6. The van der Waals surface area contributed by atoms with Crippen molar-refractivity contribution >= 4 is 23.7 Å². The molecule has 0 fully saturated rings. The predicted molar refractivity (Wildman–Crippen MR) is 42.1 cm³/mol. The first-order valence-electron chi connectivity index (χ1n) is 2.94. The number of carbonyl (C=O) groups is 2. The summed E-state index contributed by atoms with van der Waals surface area (Å²) >= 11 is 1.23. The van der Waals surface area contributed by atoms with E-state index in [4.69, 9.17) is 5.11 Å². The summed E-state index contributed by atoms with van der Waals surface area (Å²) in [6.07, 6.45) is 0. The summed E-state index contributed by atoms with van der Waals surface area (Å²) in [6, 6.07) is -0.848. The van der Waals surface area contributed by atoms with E-state index in [9.17, 15) is 9.59 Å². The largest absolute Gasteiger partial charge is 0.396 e. The van der Waals surface area contributed by atoms with E-state index in [-0.39, 0.29) is 12.4 Å². The molecule has 0 saturated carbocycles. The molecule has 0 aliphatic carbocycles. The minimum atomic E-state index is -0.848. The Morgan fingerprint density at radius 1 is 1.55 bits per heavy atom. The van der Waals surface area contributed by atoms with Crippen molar-refractivity contribution in [2.24, 2.45) is 5.73 Å². The lowest BCUT2D eigenvalue weighted by Gasteiger charge is -1.98. The quantitative estimate of drug-likeness (QED) is 0.477. The molecule has 0 radical (unpaired) electrons. The van der Waals surface area contributed by atoms with Crippen molar-refractivity contribution in [2.45, 2.75) is 0 Å². The number of amides is 3. The van der Waals surface area contributed by atoms with E-state index in [0.29, 0.717) is 5.75 Å². The van der Waals surface area contributed by atoms with Gasteiger partial charge in [-0.1, -0.05) is 0 Å². The predicted octanol–water partition coefficient (Wildman–Crippen LogP) is -1.09. The van der Waals surface area contributed by atoms with Crippen molar-refractivity contribution in [1.29, 1.82) is 0 Å². The van der Waals surface area contributed by atoms with Gasteiger partial charge in [0.25, 0.3) is 0 Å². The van der Waals surface area contributed by atoms with Crippen LogP contribution in [0.25, 0.3) is 0 Å². The van der Waals surface area contributed by atoms with Crippen LogP contribution in [0.15, 0.2) is 0 Å². The van der Waals surface area contributed by atoms with Crippen LogP contribution in [-0.4, -0.2) is 35.2 Å². The number of imide groups is 1. The lowest BCUT2D eigenvalue weighted by atomic mass is 10.7. The summed E-state index contributed by atoms with van der Waals surface area (Å²) in [5.74, 6) is 0.186. The number of hydrogen-bond acceptors (Lipinski definition) is 4. The van der Waals surface area contributed by atoms with E-state index >= 15 is 0 Å². The maximum Gasteiger partial charge on any atom is 0.318 e. The smallest absolute Gasteiger partial charge is 0.318 e. The first-order chi connectivity index (χ1) is 5.16. The zero-order chi connectivity index (χ0) is 8.69. The fourth-order valence-corrected chi connectivity index (χ4v) is 0.934. The van der Waals surface area contributed by atoms with Gasteiger partial charge >= 0.3 is 6.03 Å². The third-order valence-corrected chi connectivity index (χ3v) is 1.67. The molecule has 6 heteroatoms. The molecule has 0 rings (SSSR count). The van der Waals surface area contributed by atoms with Crippen molar-refractivity contribution < 1.29 is 14.7 Å². The average Bonchev–Trinajstić information content (AvgIpc) is 1.86. The van der Waals surface area contributed by atoms with Crippen molar-refractivity contribution in [3.8, 4) is 0 Å². The number of rotatable bonds is 4. The molecule has 0 spiro atoms. The molecule has 0 aliphatic heterocycles. The summed E-state index contributed by atoms with van der Waals surface area (Å²) in [7, 11) is 0. The monoisotopic (exact) mass is 178 g/mol.